The van der Waals surface area contributed by atoms with E-state index in [2.05, 4.69) is 0 Å². The van der Waals surface area contributed by atoms with E-state index in [0.717, 1.165) is 0 Å². The Bertz CT molecular complexity index is 281. The van der Waals surface area contributed by atoms with Crippen LogP contribution in [0.2, 0.25) is 0 Å². The molecule has 0 bridgehead atoms. The van der Waals surface area contributed by atoms with Crippen molar-refractivity contribution in [3.63, 3.8) is 0 Å². The van der Waals surface area contributed by atoms with Gasteiger partial charge in [-0.15, -0.1) is 0 Å². The van der Waals surface area contributed by atoms with Crippen molar-refractivity contribution in [3.05, 3.63) is 0 Å². The number of amides is 1. The summed E-state index contributed by atoms with van der Waals surface area (Å²) in [6.07, 6.45) is -6.59. The second kappa shape index (κ2) is 4.20. The third-order valence-corrected chi connectivity index (χ3v) is 2.98. The average molecular weight is 243 g/mol. The van der Waals surface area contributed by atoms with Gasteiger partial charge in [-0.05, 0) is 6.42 Å². The molecule has 2 unspecified atom stereocenters. The summed E-state index contributed by atoms with van der Waals surface area (Å²) in [5.41, 5.74) is -1.05. The van der Waals surface area contributed by atoms with Gasteiger partial charge in [0.1, 0.15) is 6.17 Å². The number of carbonyl (C=O) groups is 1. The number of alkyl halides is 4. The Hall–Kier alpha value is -0.850. The third kappa shape index (κ3) is 2.45. The smallest absolute Gasteiger partial charge is 0.396 e. The molecule has 1 aliphatic rings. The molecule has 1 heterocycles. The summed E-state index contributed by atoms with van der Waals surface area (Å²) in [5.74, 6) is -2.02. The number of likely N-dealkylation sites (tertiary alicyclic amines) is 1. The molecule has 1 N–H and O–H groups in total. The molecule has 94 valence electrons. The summed E-state index contributed by atoms with van der Waals surface area (Å²) in [6.45, 7) is 0.209. The van der Waals surface area contributed by atoms with E-state index in [9.17, 15) is 22.4 Å². The van der Waals surface area contributed by atoms with Crippen molar-refractivity contribution in [3.8, 4) is 0 Å². The van der Waals surface area contributed by atoms with E-state index < -0.39 is 36.8 Å². The van der Waals surface area contributed by atoms with E-state index in [1.807, 2.05) is 0 Å². The Balaban J connectivity index is 2.69. The monoisotopic (exact) mass is 243 g/mol. The molecule has 1 aliphatic heterocycles. The van der Waals surface area contributed by atoms with Crippen molar-refractivity contribution in [2.45, 2.75) is 25.7 Å². The fourth-order valence-electron chi connectivity index (χ4n) is 1.59. The number of rotatable bonds is 1. The lowest BCUT2D eigenvalue weighted by atomic mass is 9.79. The molecule has 0 aliphatic carbocycles. The highest BCUT2D eigenvalue weighted by molar-refractivity contribution is 5.82. The van der Waals surface area contributed by atoms with E-state index in [1.54, 1.807) is 0 Å². The predicted octanol–water partition coefficient (Wildman–Crippen LogP) is 1.12. The standard InChI is InChI=1S/C9H13F4NO2/c1-8(5-15)2-3-14(4-6(8)10)7(16)9(11,12)13/h6,15H,2-5H2,1H3. The first-order valence-electron chi connectivity index (χ1n) is 4.82. The van der Waals surface area contributed by atoms with Crippen molar-refractivity contribution >= 4 is 5.91 Å². The highest BCUT2D eigenvalue weighted by Crippen LogP contribution is 2.34. The number of halogens is 4. The Morgan fingerprint density at radius 2 is 2.12 bits per heavy atom. The van der Waals surface area contributed by atoms with Gasteiger partial charge in [-0.25, -0.2) is 4.39 Å². The lowest BCUT2D eigenvalue weighted by molar-refractivity contribution is -0.189. The van der Waals surface area contributed by atoms with Gasteiger partial charge < -0.3 is 10.0 Å². The molecule has 1 fully saturated rings. The lowest BCUT2D eigenvalue weighted by Gasteiger charge is -2.41. The fourth-order valence-corrected chi connectivity index (χ4v) is 1.59. The van der Waals surface area contributed by atoms with E-state index in [-0.39, 0.29) is 13.0 Å². The number of piperidine rings is 1. The molecule has 1 amide bonds. The normalized spacial score (nSPS) is 31.6. The molecule has 1 rings (SSSR count). The molecule has 0 aromatic heterocycles. The van der Waals surface area contributed by atoms with Crippen molar-refractivity contribution in [2.24, 2.45) is 5.41 Å². The molecule has 1 saturated heterocycles. The molecule has 3 nitrogen and oxygen atoms in total. The van der Waals surface area contributed by atoms with E-state index in [4.69, 9.17) is 5.11 Å². The minimum absolute atomic E-state index is 0.0203. The molecular formula is C9H13F4NO2. The minimum atomic E-state index is -4.97. The van der Waals surface area contributed by atoms with Crippen LogP contribution in [0.4, 0.5) is 17.6 Å². The molecule has 0 spiro atoms. The maximum absolute atomic E-state index is 13.5. The first-order valence-corrected chi connectivity index (χ1v) is 4.82. The van der Waals surface area contributed by atoms with Crippen LogP contribution in [0.25, 0.3) is 0 Å². The van der Waals surface area contributed by atoms with E-state index in [1.165, 1.54) is 6.92 Å². The molecule has 0 radical (unpaired) electrons. The topological polar surface area (TPSA) is 40.5 Å². The van der Waals surface area contributed by atoms with Crippen LogP contribution in [-0.2, 0) is 4.79 Å². The molecule has 2 atom stereocenters. The van der Waals surface area contributed by atoms with Crippen LogP contribution < -0.4 is 0 Å². The lowest BCUT2D eigenvalue weighted by Crippen LogP contribution is -2.54. The number of aliphatic hydroxyl groups excluding tert-OH is 1. The van der Waals surface area contributed by atoms with Crippen molar-refractivity contribution in [1.82, 2.24) is 4.90 Å². The highest BCUT2D eigenvalue weighted by Gasteiger charge is 2.47. The zero-order valence-corrected chi connectivity index (χ0v) is 8.72. The van der Waals surface area contributed by atoms with Gasteiger partial charge in [0.05, 0.1) is 13.2 Å². The summed E-state index contributed by atoms with van der Waals surface area (Å²) in [7, 11) is 0. The van der Waals surface area contributed by atoms with E-state index >= 15 is 0 Å². The first kappa shape index (κ1) is 13.2. The van der Waals surface area contributed by atoms with Crippen molar-refractivity contribution < 1.29 is 27.5 Å². The van der Waals surface area contributed by atoms with Crippen LogP contribution in [0.15, 0.2) is 0 Å². The van der Waals surface area contributed by atoms with E-state index in [0.29, 0.717) is 4.90 Å². The molecule has 0 aromatic carbocycles. The third-order valence-electron chi connectivity index (χ3n) is 2.98. The zero-order valence-electron chi connectivity index (χ0n) is 8.72. The van der Waals surface area contributed by atoms with Crippen LogP contribution in [-0.4, -0.2) is 48.0 Å². The summed E-state index contributed by atoms with van der Waals surface area (Å²) in [5, 5.41) is 8.94. The largest absolute Gasteiger partial charge is 0.471 e. The molecule has 16 heavy (non-hydrogen) atoms. The SMILES string of the molecule is CC1(CO)CCN(C(=O)C(F)(F)F)CC1F. The molecular weight excluding hydrogens is 230 g/mol. The second-order valence-corrected chi connectivity index (χ2v) is 4.28. The van der Waals surface area contributed by atoms with Crippen LogP contribution in [0.3, 0.4) is 0 Å². The van der Waals surface area contributed by atoms with Gasteiger partial charge in [-0.2, -0.15) is 13.2 Å². The van der Waals surface area contributed by atoms with Gasteiger partial charge in [0, 0.05) is 12.0 Å². The fraction of sp³-hybridized carbons (Fsp3) is 0.889. The van der Waals surface area contributed by atoms with Gasteiger partial charge in [0.15, 0.2) is 0 Å². The van der Waals surface area contributed by atoms with Gasteiger partial charge in [0.2, 0.25) is 0 Å². The molecule has 7 heteroatoms. The molecule has 0 saturated carbocycles. The number of nitrogens with zero attached hydrogens (tertiary/aromatic N) is 1. The van der Waals surface area contributed by atoms with Crippen LogP contribution in [0.1, 0.15) is 13.3 Å². The summed E-state index contributed by atoms with van der Waals surface area (Å²) >= 11 is 0. The Labute approximate surface area is 90.0 Å². The Morgan fingerprint density at radius 3 is 2.50 bits per heavy atom. The summed E-state index contributed by atoms with van der Waals surface area (Å²) in [6, 6.07) is 0. The maximum Gasteiger partial charge on any atom is 0.471 e. The molecule has 0 aromatic rings. The summed E-state index contributed by atoms with van der Waals surface area (Å²) in [4.78, 5) is 11.3. The average Bonchev–Trinajstić information content (AvgIpc) is 2.20. The number of carbonyl (C=O) groups excluding carboxylic acids is 1. The number of hydrogen-bond donors (Lipinski definition) is 1. The Morgan fingerprint density at radius 1 is 1.56 bits per heavy atom. The van der Waals surface area contributed by atoms with Gasteiger partial charge in [0.25, 0.3) is 0 Å². The minimum Gasteiger partial charge on any atom is -0.396 e. The van der Waals surface area contributed by atoms with Gasteiger partial charge in [-0.1, -0.05) is 6.92 Å². The number of aliphatic hydroxyl groups is 1. The van der Waals surface area contributed by atoms with Crippen molar-refractivity contribution in [2.75, 3.05) is 19.7 Å². The second-order valence-electron chi connectivity index (χ2n) is 4.28. The Kier molecular flexibility index (Phi) is 3.47. The zero-order chi connectivity index (χ0) is 12.6. The quantitative estimate of drug-likeness (QED) is 0.701. The van der Waals surface area contributed by atoms with Gasteiger partial charge in [-0.3, -0.25) is 4.79 Å². The predicted molar refractivity (Wildman–Crippen MR) is 47.3 cm³/mol. The highest BCUT2D eigenvalue weighted by atomic mass is 19.4. The van der Waals surface area contributed by atoms with Crippen LogP contribution >= 0.6 is 0 Å². The number of hydrogen-bond acceptors (Lipinski definition) is 2. The van der Waals surface area contributed by atoms with Crippen LogP contribution in [0, 0.1) is 5.41 Å². The van der Waals surface area contributed by atoms with Crippen molar-refractivity contribution in [1.29, 1.82) is 0 Å². The van der Waals surface area contributed by atoms with Gasteiger partial charge >= 0.3 is 12.1 Å². The maximum atomic E-state index is 13.5. The van der Waals surface area contributed by atoms with Crippen LogP contribution in [0.5, 0.6) is 0 Å². The summed E-state index contributed by atoms with van der Waals surface area (Å²) < 4.78 is 49.7. The first-order chi connectivity index (χ1) is 7.20.